The average molecular weight is 865 g/mol. The smallest absolute Gasteiger partial charge is 0.857 e. The topological polar surface area (TPSA) is 177 Å². The first-order valence-electron chi connectivity index (χ1n) is 19.5. The molecular formula is C43H53N8NaO6S2. The van der Waals surface area contributed by atoms with E-state index in [1.807, 2.05) is 67.8 Å². The van der Waals surface area contributed by atoms with Crippen LogP contribution in [-0.4, -0.2) is 103 Å². The summed E-state index contributed by atoms with van der Waals surface area (Å²) in [6, 6.07) is 4.30. The van der Waals surface area contributed by atoms with Gasteiger partial charge in [0, 0.05) is 80.9 Å². The van der Waals surface area contributed by atoms with Gasteiger partial charge in [0.25, 0.3) is 0 Å². The van der Waals surface area contributed by atoms with E-state index in [2.05, 4.69) is 66.8 Å². The van der Waals surface area contributed by atoms with Gasteiger partial charge >= 0.3 is 41.7 Å². The molecule has 8 rings (SSSR count). The molecular weight excluding hydrogens is 812 g/mol. The fourth-order valence-corrected chi connectivity index (χ4v) is 7.70. The van der Waals surface area contributed by atoms with Gasteiger partial charge in [-0.15, -0.1) is 20.4 Å². The minimum atomic E-state index is -0.473. The number of aryl methyl sites for hydroxylation is 2. The van der Waals surface area contributed by atoms with Crippen LogP contribution in [0.3, 0.4) is 0 Å². The fourth-order valence-electron chi connectivity index (χ4n) is 6.36. The summed E-state index contributed by atoms with van der Waals surface area (Å²) in [5, 5.41) is 28.5. The van der Waals surface area contributed by atoms with Crippen molar-refractivity contribution in [1.29, 1.82) is 0 Å². The molecule has 4 aromatic heterocycles. The summed E-state index contributed by atoms with van der Waals surface area (Å²) in [4.78, 5) is 47.1. The number of allylic oxidation sites excluding steroid dienone is 3. The van der Waals surface area contributed by atoms with Gasteiger partial charge in [-0.05, 0) is 90.7 Å². The number of fused-ring (bicyclic) bond motifs is 2. The second kappa shape index (κ2) is 21.6. The third-order valence-corrected chi connectivity index (χ3v) is 10.9. The number of rotatable bonds is 3. The molecule has 0 N–H and O–H groups in total. The number of piperidine rings is 1. The Morgan fingerprint density at radius 2 is 1.25 bits per heavy atom. The number of Topliss-reactive ketones (excluding diaryl/α,β-unsaturated/α-hetero) is 1. The summed E-state index contributed by atoms with van der Waals surface area (Å²) in [6.07, 6.45) is 15.3. The monoisotopic (exact) mass is 864 g/mol. The number of aromatic nitrogens is 6. The van der Waals surface area contributed by atoms with Crippen LogP contribution in [0.15, 0.2) is 48.3 Å². The molecule has 60 heavy (non-hydrogen) atoms. The molecule has 314 valence electrons. The molecule has 0 unspecified atom stereocenters. The zero-order chi connectivity index (χ0) is 42.9. The largest absolute Gasteiger partial charge is 1.00 e. The second-order valence-corrected chi connectivity index (χ2v) is 18.4. The molecule has 4 aromatic rings. The average Bonchev–Trinajstić information content (AvgIpc) is 4.02. The van der Waals surface area contributed by atoms with Crippen LogP contribution in [0.5, 0.6) is 0 Å². The first-order chi connectivity index (χ1) is 28.0. The third-order valence-electron chi connectivity index (χ3n) is 9.10. The number of pyridine rings is 2. The Morgan fingerprint density at radius 3 is 1.77 bits per heavy atom. The second-order valence-electron chi connectivity index (χ2n) is 16.1. The Hall–Kier alpha value is -4.19. The Morgan fingerprint density at radius 1 is 0.717 bits per heavy atom. The summed E-state index contributed by atoms with van der Waals surface area (Å²) in [6.45, 7) is 17.3. The predicted octanol–water partition coefficient (Wildman–Crippen LogP) is 4.46. The maximum absolute atomic E-state index is 12.3. The van der Waals surface area contributed by atoms with Crippen molar-refractivity contribution >= 4 is 52.3 Å². The van der Waals surface area contributed by atoms with Gasteiger partial charge in [-0.1, -0.05) is 47.0 Å². The number of ketones is 1. The number of nitrogens with zero attached hydrogens (tertiary/aromatic N) is 8. The molecule has 14 nitrogen and oxygen atoms in total. The van der Waals surface area contributed by atoms with Crippen molar-refractivity contribution in [2.45, 2.75) is 98.7 Å². The number of carbonyl (C=O) groups is 3. The Labute approximate surface area is 382 Å². The van der Waals surface area contributed by atoms with Gasteiger partial charge in [-0.3, -0.25) is 14.8 Å². The molecule has 1 fully saturated rings. The van der Waals surface area contributed by atoms with E-state index < -0.39 is 11.2 Å². The molecule has 0 saturated carbocycles. The van der Waals surface area contributed by atoms with Gasteiger partial charge in [0.05, 0.1) is 11.4 Å². The van der Waals surface area contributed by atoms with E-state index in [0.29, 0.717) is 39.0 Å². The maximum Gasteiger partial charge on any atom is 1.00 e. The molecule has 6 heterocycles. The van der Waals surface area contributed by atoms with Crippen LogP contribution in [-0.2, 0) is 27.1 Å². The van der Waals surface area contributed by atoms with Crippen LogP contribution in [0.1, 0.15) is 93.3 Å². The Balaban J connectivity index is 0.000000210. The Bertz CT molecular complexity index is 2230. The SMILES string of the molecule is CC(C)(C)OC(=O)N1CCC(=O)CC1.C[O-].Cc1nnc(-c2cnc3c(c2)C(C2=CCN(C(=O)OC(C)(C)C)CC2)=CC3)s1.Cc1nnc(-c2cnc3c(c2)C=CC3)s1.[Na+]. The first kappa shape index (κ1) is 48.5. The first-order valence-corrected chi connectivity index (χ1v) is 21.2. The van der Waals surface area contributed by atoms with Crippen molar-refractivity contribution in [2.24, 2.45) is 0 Å². The summed E-state index contributed by atoms with van der Waals surface area (Å²) in [7, 11) is 0.750. The molecule has 2 aliphatic heterocycles. The molecule has 4 aliphatic rings. The summed E-state index contributed by atoms with van der Waals surface area (Å²) in [5.74, 6) is 0.227. The molecule has 0 spiro atoms. The van der Waals surface area contributed by atoms with E-state index in [4.69, 9.17) is 14.6 Å². The third kappa shape index (κ3) is 13.7. The van der Waals surface area contributed by atoms with Gasteiger partial charge in [0.1, 0.15) is 37.0 Å². The number of likely N-dealkylation sites (tertiary alicyclic amines) is 1. The van der Waals surface area contributed by atoms with Crippen LogP contribution >= 0.6 is 22.7 Å². The van der Waals surface area contributed by atoms with E-state index in [9.17, 15) is 14.4 Å². The van der Waals surface area contributed by atoms with Crippen LogP contribution in [0.25, 0.3) is 32.8 Å². The molecule has 1 saturated heterocycles. The van der Waals surface area contributed by atoms with Crippen molar-refractivity contribution in [1.82, 2.24) is 40.2 Å². The van der Waals surface area contributed by atoms with E-state index >= 15 is 0 Å². The van der Waals surface area contributed by atoms with Gasteiger partial charge in [-0.2, -0.15) is 7.11 Å². The molecule has 17 heteroatoms. The van der Waals surface area contributed by atoms with Gasteiger partial charge in [0.2, 0.25) is 0 Å². The summed E-state index contributed by atoms with van der Waals surface area (Å²) >= 11 is 3.18. The summed E-state index contributed by atoms with van der Waals surface area (Å²) < 4.78 is 10.7. The van der Waals surface area contributed by atoms with E-state index in [1.165, 1.54) is 22.3 Å². The normalized spacial score (nSPS) is 15.3. The zero-order valence-corrected chi connectivity index (χ0v) is 40.0. The van der Waals surface area contributed by atoms with Gasteiger partial charge in [-0.25, -0.2) is 9.59 Å². The van der Waals surface area contributed by atoms with Gasteiger partial charge in [0.15, 0.2) is 0 Å². The van der Waals surface area contributed by atoms with Crippen LogP contribution in [0.4, 0.5) is 9.59 Å². The quantitative estimate of drug-likeness (QED) is 0.265. The van der Waals surface area contributed by atoms with Gasteiger partial charge < -0.3 is 24.4 Å². The number of hydrogen-bond acceptors (Lipinski definition) is 14. The van der Waals surface area contributed by atoms with Crippen molar-refractivity contribution < 1.29 is 58.5 Å². The Kier molecular flexibility index (Phi) is 17.4. The van der Waals surface area contributed by atoms with Crippen molar-refractivity contribution in [3.63, 3.8) is 0 Å². The number of ether oxygens (including phenoxy) is 2. The van der Waals surface area contributed by atoms with Crippen LogP contribution < -0.4 is 34.7 Å². The summed E-state index contributed by atoms with van der Waals surface area (Å²) in [5.41, 5.74) is 8.26. The molecule has 0 bridgehead atoms. The van der Waals surface area contributed by atoms with E-state index in [1.54, 1.807) is 32.5 Å². The van der Waals surface area contributed by atoms with E-state index in [-0.39, 0.29) is 47.5 Å². The molecule has 0 aromatic carbocycles. The number of carbonyl (C=O) groups excluding carboxylic acids is 3. The fraction of sp³-hybridized carbons (Fsp3) is 0.465. The molecule has 2 aliphatic carbocycles. The molecule has 0 atom stereocenters. The van der Waals surface area contributed by atoms with E-state index in [0.717, 1.165) is 68.9 Å². The minimum Gasteiger partial charge on any atom is -0.857 e. The predicted molar refractivity (Wildman–Crippen MR) is 229 cm³/mol. The zero-order valence-electron chi connectivity index (χ0n) is 36.3. The molecule has 0 radical (unpaired) electrons. The minimum absolute atomic E-state index is 0. The number of hydrogen-bond donors (Lipinski definition) is 0. The van der Waals surface area contributed by atoms with Crippen LogP contribution in [0.2, 0.25) is 0 Å². The number of amides is 2. The van der Waals surface area contributed by atoms with Crippen molar-refractivity contribution in [3.05, 3.63) is 80.9 Å². The van der Waals surface area contributed by atoms with Crippen molar-refractivity contribution in [2.75, 3.05) is 33.3 Å². The standard InChI is InChI=1S/C21H24N4O2S.C11H9N3S.C10H17NO3.CH3O.Na/c1-13-23-24-19(28-13)15-11-17-16(5-6-18(17)22-12-15)14-7-9-25(10-8-14)20(26)27-21(2,3)4;1-7-13-14-11(15-7)9-5-8-3-2-4-10(8)12-6-9;1-10(2,3)14-9(13)11-6-4-8(12)5-7-11;1-2;/h5,7,11-12H,6,8-10H2,1-4H3;2-3,5-6H,4H2,1H3;4-7H2,1-3H3;1H3;/q;;;-1;+1. The van der Waals surface area contributed by atoms with Crippen molar-refractivity contribution in [3.8, 4) is 21.1 Å². The molecule has 2 amide bonds. The van der Waals surface area contributed by atoms with Crippen LogP contribution in [0, 0.1) is 13.8 Å². The maximum atomic E-state index is 12.3.